The van der Waals surface area contributed by atoms with Crippen LogP contribution in [0.4, 0.5) is 0 Å². The van der Waals surface area contributed by atoms with E-state index in [2.05, 4.69) is 0 Å². The normalized spacial score (nSPS) is 9.19. The first-order valence-corrected chi connectivity index (χ1v) is 4.90. The smallest absolute Gasteiger partial charge is 0.545 e. The average Bonchev–Trinajstić information content (AvgIpc) is 2.19. The third kappa shape index (κ3) is 3.05. The SMILES string of the molecule is N#Cc1c(Cl)c(Cl)c(Cl)c(Cl)c1C(=O)[O-].[K+]. The van der Waals surface area contributed by atoms with Crippen molar-refractivity contribution in [3.8, 4) is 6.07 Å². The average molecular weight is 323 g/mol. The topological polar surface area (TPSA) is 63.9 Å². The molecule has 3 nitrogen and oxygen atoms in total. The van der Waals surface area contributed by atoms with E-state index in [1.807, 2.05) is 0 Å². The molecular formula is C8Cl4KNO2. The van der Waals surface area contributed by atoms with Gasteiger partial charge in [-0.2, -0.15) is 5.26 Å². The van der Waals surface area contributed by atoms with Gasteiger partial charge in [0.25, 0.3) is 0 Å². The molecule has 1 rings (SSSR count). The molecule has 1 aromatic rings. The van der Waals surface area contributed by atoms with Crippen LogP contribution < -0.4 is 56.5 Å². The Morgan fingerprint density at radius 2 is 1.50 bits per heavy atom. The fourth-order valence-electron chi connectivity index (χ4n) is 0.928. The van der Waals surface area contributed by atoms with Gasteiger partial charge in [0, 0.05) is 5.56 Å². The van der Waals surface area contributed by atoms with Crippen LogP contribution in [0.1, 0.15) is 15.9 Å². The molecule has 0 saturated heterocycles. The molecule has 0 aromatic heterocycles. The minimum absolute atomic E-state index is 0. The Balaban J connectivity index is 0.00000225. The third-order valence-electron chi connectivity index (χ3n) is 1.58. The molecule has 0 unspecified atom stereocenters. The Labute approximate surface area is 154 Å². The molecular weight excluding hydrogens is 323 g/mol. The summed E-state index contributed by atoms with van der Waals surface area (Å²) in [7, 11) is 0. The molecule has 0 fully saturated rings. The van der Waals surface area contributed by atoms with Gasteiger partial charge < -0.3 is 9.90 Å². The van der Waals surface area contributed by atoms with Crippen LogP contribution in [0.15, 0.2) is 0 Å². The van der Waals surface area contributed by atoms with Gasteiger partial charge in [0.15, 0.2) is 0 Å². The largest absolute Gasteiger partial charge is 1.00 e. The summed E-state index contributed by atoms with van der Waals surface area (Å²) in [5.41, 5.74) is -0.922. The van der Waals surface area contributed by atoms with Crippen LogP contribution in [-0.4, -0.2) is 5.97 Å². The predicted molar refractivity (Wildman–Crippen MR) is 55.5 cm³/mol. The first-order valence-electron chi connectivity index (χ1n) is 3.39. The molecule has 0 aliphatic heterocycles. The molecule has 0 spiro atoms. The number of nitriles is 1. The van der Waals surface area contributed by atoms with Gasteiger partial charge >= 0.3 is 51.4 Å². The van der Waals surface area contributed by atoms with Crippen molar-refractivity contribution in [2.24, 2.45) is 0 Å². The number of carboxylic acid groups (broad SMARTS) is 1. The van der Waals surface area contributed by atoms with Gasteiger partial charge in [0.1, 0.15) is 6.07 Å². The monoisotopic (exact) mass is 321 g/mol. The molecule has 8 heteroatoms. The van der Waals surface area contributed by atoms with Crippen molar-refractivity contribution in [3.63, 3.8) is 0 Å². The molecule has 1 aromatic carbocycles. The Morgan fingerprint density at radius 1 is 1.06 bits per heavy atom. The number of carboxylic acids is 1. The van der Waals surface area contributed by atoms with E-state index in [0.29, 0.717) is 0 Å². The van der Waals surface area contributed by atoms with Crippen LogP contribution in [0.2, 0.25) is 20.1 Å². The number of halogens is 4. The third-order valence-corrected chi connectivity index (χ3v) is 3.39. The maximum Gasteiger partial charge on any atom is 1.00 e. The molecule has 0 aliphatic rings. The zero-order valence-electron chi connectivity index (χ0n) is 7.78. The number of hydrogen-bond donors (Lipinski definition) is 0. The van der Waals surface area contributed by atoms with E-state index >= 15 is 0 Å². The number of carbonyl (C=O) groups is 1. The summed E-state index contributed by atoms with van der Waals surface area (Å²) in [6, 6.07) is 1.57. The summed E-state index contributed by atoms with van der Waals surface area (Å²) in [4.78, 5) is 10.7. The van der Waals surface area contributed by atoms with Gasteiger partial charge in [-0.3, -0.25) is 0 Å². The standard InChI is InChI=1S/C8HCl4NO2.K/c9-4-2(1-13)3(8(14)15)5(10)7(12)6(4)11;/h(H,14,15);/q;+1/p-1. The van der Waals surface area contributed by atoms with Gasteiger partial charge in [0.2, 0.25) is 0 Å². The molecule has 0 atom stereocenters. The summed E-state index contributed by atoms with van der Waals surface area (Å²) in [6.45, 7) is 0. The molecule has 78 valence electrons. The van der Waals surface area contributed by atoms with Gasteiger partial charge in [-0.25, -0.2) is 0 Å². The number of benzene rings is 1. The second-order valence-corrected chi connectivity index (χ2v) is 3.92. The summed E-state index contributed by atoms with van der Waals surface area (Å²) >= 11 is 22.5. The van der Waals surface area contributed by atoms with Crippen molar-refractivity contribution in [1.29, 1.82) is 5.26 Å². The minimum Gasteiger partial charge on any atom is -0.545 e. The van der Waals surface area contributed by atoms with Crippen LogP contribution in [0, 0.1) is 11.3 Å². The van der Waals surface area contributed by atoms with Crippen molar-refractivity contribution in [3.05, 3.63) is 31.2 Å². The van der Waals surface area contributed by atoms with Crippen LogP contribution in [0.25, 0.3) is 0 Å². The van der Waals surface area contributed by atoms with E-state index in [9.17, 15) is 9.90 Å². The number of carbonyl (C=O) groups excluding carboxylic acids is 1. The van der Waals surface area contributed by atoms with E-state index in [1.165, 1.54) is 0 Å². The predicted octanol–water partition coefficient (Wildman–Crippen LogP) is -0.461. The fourth-order valence-corrected chi connectivity index (χ4v) is 1.90. The maximum absolute atomic E-state index is 10.7. The van der Waals surface area contributed by atoms with E-state index in [0.717, 1.165) is 0 Å². The second kappa shape index (κ2) is 6.79. The molecule has 0 aliphatic carbocycles. The van der Waals surface area contributed by atoms with Crippen molar-refractivity contribution in [2.75, 3.05) is 0 Å². The van der Waals surface area contributed by atoms with E-state index < -0.39 is 11.5 Å². The molecule has 0 N–H and O–H groups in total. The Morgan fingerprint density at radius 3 is 1.88 bits per heavy atom. The van der Waals surface area contributed by atoms with E-state index in [1.54, 1.807) is 6.07 Å². The Kier molecular flexibility index (Phi) is 7.20. The van der Waals surface area contributed by atoms with Gasteiger partial charge in [-0.05, 0) is 0 Å². The molecule has 0 amide bonds. The van der Waals surface area contributed by atoms with Gasteiger partial charge in [0.05, 0.1) is 31.6 Å². The zero-order valence-corrected chi connectivity index (χ0v) is 13.9. The van der Waals surface area contributed by atoms with Crippen LogP contribution in [0.3, 0.4) is 0 Å². The number of aromatic carboxylic acids is 1. The maximum atomic E-state index is 10.7. The van der Waals surface area contributed by atoms with E-state index in [4.69, 9.17) is 51.7 Å². The molecule has 0 heterocycles. The Hall–Kier alpha value is 0.976. The quantitative estimate of drug-likeness (QED) is 0.399. The van der Waals surface area contributed by atoms with Crippen LogP contribution in [0.5, 0.6) is 0 Å². The number of hydrogen-bond acceptors (Lipinski definition) is 3. The molecule has 0 bridgehead atoms. The second-order valence-electron chi connectivity index (χ2n) is 2.41. The fraction of sp³-hybridized carbons (Fsp3) is 0. The summed E-state index contributed by atoms with van der Waals surface area (Å²) in [6.07, 6.45) is 0. The van der Waals surface area contributed by atoms with Crippen molar-refractivity contribution in [1.82, 2.24) is 0 Å². The number of rotatable bonds is 1. The Bertz CT molecular complexity index is 498. The van der Waals surface area contributed by atoms with Crippen LogP contribution >= 0.6 is 46.4 Å². The molecule has 0 saturated carbocycles. The van der Waals surface area contributed by atoms with Gasteiger partial charge in [-0.15, -0.1) is 0 Å². The van der Waals surface area contributed by atoms with Crippen molar-refractivity contribution in [2.45, 2.75) is 0 Å². The number of nitrogens with zero attached hydrogens (tertiary/aromatic N) is 1. The molecule has 0 radical (unpaired) electrons. The van der Waals surface area contributed by atoms with Crippen molar-refractivity contribution >= 4 is 52.4 Å². The minimum atomic E-state index is -1.64. The van der Waals surface area contributed by atoms with Crippen molar-refractivity contribution < 1.29 is 61.3 Å². The summed E-state index contributed by atoms with van der Waals surface area (Å²) in [5.74, 6) is -1.64. The summed E-state index contributed by atoms with van der Waals surface area (Å²) in [5, 5.41) is 18.4. The zero-order chi connectivity index (χ0) is 11.7. The first kappa shape index (κ1) is 17.0. The summed E-state index contributed by atoms with van der Waals surface area (Å²) < 4.78 is 0. The van der Waals surface area contributed by atoms with Gasteiger partial charge in [-0.1, -0.05) is 46.4 Å². The molecule has 16 heavy (non-hydrogen) atoms. The van der Waals surface area contributed by atoms with Crippen LogP contribution in [-0.2, 0) is 0 Å². The first-order chi connectivity index (χ1) is 6.91. The van der Waals surface area contributed by atoms with E-state index in [-0.39, 0.29) is 77.0 Å².